The van der Waals surface area contributed by atoms with Crippen molar-refractivity contribution in [2.75, 3.05) is 0 Å². The zero-order chi connectivity index (χ0) is 18.8. The first-order chi connectivity index (χ1) is 11.8. The third-order valence-corrected chi connectivity index (χ3v) is 4.35. The first-order valence-corrected chi connectivity index (χ1v) is 9.38. The summed E-state index contributed by atoms with van der Waals surface area (Å²) in [7, 11) is 0. The normalized spacial score (nSPS) is 12.1. The van der Waals surface area contributed by atoms with Crippen LogP contribution in [0.1, 0.15) is 58.4 Å². The van der Waals surface area contributed by atoms with Gasteiger partial charge in [-0.2, -0.15) is 0 Å². The van der Waals surface area contributed by atoms with E-state index in [9.17, 15) is 9.59 Å². The van der Waals surface area contributed by atoms with Crippen LogP contribution in [0.2, 0.25) is 10.0 Å². The van der Waals surface area contributed by atoms with Gasteiger partial charge in [0.25, 0.3) is 0 Å². The average molecular weight is 389 g/mol. The van der Waals surface area contributed by atoms with Crippen LogP contribution in [0.15, 0.2) is 18.2 Å². The summed E-state index contributed by atoms with van der Waals surface area (Å²) < 4.78 is 10.6. The Hall–Kier alpha value is -1.26. The molecule has 1 aromatic carbocycles. The number of hydrogen-bond donors (Lipinski definition) is 0. The van der Waals surface area contributed by atoms with Crippen LogP contribution in [-0.2, 0) is 25.7 Å². The highest BCUT2D eigenvalue weighted by Crippen LogP contribution is 2.21. The molecule has 0 saturated heterocycles. The van der Waals surface area contributed by atoms with Crippen LogP contribution < -0.4 is 0 Å². The third kappa shape index (κ3) is 8.59. The topological polar surface area (TPSA) is 52.6 Å². The monoisotopic (exact) mass is 388 g/mol. The van der Waals surface area contributed by atoms with Gasteiger partial charge in [-0.25, -0.2) is 0 Å². The number of ether oxygens (including phenoxy) is 2. The highest BCUT2D eigenvalue weighted by Gasteiger charge is 2.17. The van der Waals surface area contributed by atoms with Crippen molar-refractivity contribution in [2.45, 2.75) is 65.6 Å². The van der Waals surface area contributed by atoms with E-state index in [1.807, 2.05) is 13.8 Å². The Labute approximate surface area is 159 Å². The number of carbonyl (C=O) groups excluding carboxylic acids is 2. The lowest BCUT2D eigenvalue weighted by Gasteiger charge is -2.20. The maximum atomic E-state index is 11.9. The van der Waals surface area contributed by atoms with Crippen molar-refractivity contribution >= 4 is 35.1 Å². The fourth-order valence-electron chi connectivity index (χ4n) is 2.29. The standard InChI is InChI=1S/C19H26Cl2O4/c1-4-6-17(13(2)3)25-19(23)8-5-7-18(22)24-12-14-9-10-15(20)11-16(14)21/h9-11,13,17H,4-8,12H2,1-3H3. The molecular formula is C19H26Cl2O4. The molecule has 0 aliphatic carbocycles. The number of esters is 2. The van der Waals surface area contributed by atoms with E-state index in [-0.39, 0.29) is 43.4 Å². The van der Waals surface area contributed by atoms with Crippen molar-refractivity contribution in [3.8, 4) is 0 Å². The fourth-order valence-corrected chi connectivity index (χ4v) is 2.75. The van der Waals surface area contributed by atoms with Gasteiger partial charge < -0.3 is 9.47 Å². The summed E-state index contributed by atoms with van der Waals surface area (Å²) in [6.45, 7) is 6.22. The molecule has 0 saturated carbocycles. The van der Waals surface area contributed by atoms with Gasteiger partial charge >= 0.3 is 11.9 Å². The van der Waals surface area contributed by atoms with Crippen LogP contribution in [0.4, 0.5) is 0 Å². The minimum Gasteiger partial charge on any atom is -0.462 e. The lowest BCUT2D eigenvalue weighted by atomic mass is 10.0. The summed E-state index contributed by atoms with van der Waals surface area (Å²) in [5, 5.41) is 0.987. The van der Waals surface area contributed by atoms with Gasteiger partial charge in [0.1, 0.15) is 12.7 Å². The minimum absolute atomic E-state index is 0.0588. The van der Waals surface area contributed by atoms with Crippen LogP contribution in [0, 0.1) is 5.92 Å². The molecule has 0 radical (unpaired) electrons. The Morgan fingerprint density at radius 1 is 1.12 bits per heavy atom. The molecular weight excluding hydrogens is 363 g/mol. The Kier molecular flexibility index (Phi) is 9.91. The van der Waals surface area contributed by atoms with Gasteiger partial charge in [-0.1, -0.05) is 56.5 Å². The first kappa shape index (κ1) is 21.8. The number of halogens is 2. The quantitative estimate of drug-likeness (QED) is 0.491. The predicted octanol–water partition coefficient (Wildman–Crippen LogP) is 5.57. The van der Waals surface area contributed by atoms with Crippen LogP contribution >= 0.6 is 23.2 Å². The van der Waals surface area contributed by atoms with E-state index in [0.29, 0.717) is 22.0 Å². The van der Waals surface area contributed by atoms with E-state index >= 15 is 0 Å². The summed E-state index contributed by atoms with van der Waals surface area (Å²) in [6.07, 6.45) is 2.55. The fraction of sp³-hybridized carbons (Fsp3) is 0.579. The van der Waals surface area contributed by atoms with Gasteiger partial charge in [-0.05, 0) is 30.9 Å². The number of carbonyl (C=O) groups is 2. The summed E-state index contributed by atoms with van der Waals surface area (Å²) in [5.74, 6) is -0.341. The molecule has 1 unspecified atom stereocenters. The summed E-state index contributed by atoms with van der Waals surface area (Å²) in [5.41, 5.74) is 0.693. The molecule has 6 heteroatoms. The average Bonchev–Trinajstić information content (AvgIpc) is 2.53. The lowest BCUT2D eigenvalue weighted by molar-refractivity contribution is -0.152. The maximum absolute atomic E-state index is 11.9. The van der Waals surface area contributed by atoms with E-state index in [4.69, 9.17) is 32.7 Å². The van der Waals surface area contributed by atoms with Crippen molar-refractivity contribution in [3.63, 3.8) is 0 Å². The smallest absolute Gasteiger partial charge is 0.306 e. The second-order valence-electron chi connectivity index (χ2n) is 6.31. The maximum Gasteiger partial charge on any atom is 0.306 e. The van der Waals surface area contributed by atoms with E-state index < -0.39 is 0 Å². The molecule has 1 atom stereocenters. The van der Waals surface area contributed by atoms with Gasteiger partial charge in [-0.3, -0.25) is 9.59 Å². The highest BCUT2D eigenvalue weighted by molar-refractivity contribution is 6.35. The third-order valence-electron chi connectivity index (χ3n) is 3.77. The molecule has 0 N–H and O–H groups in total. The molecule has 0 aliphatic rings. The Morgan fingerprint density at radius 2 is 1.80 bits per heavy atom. The molecule has 0 bridgehead atoms. The lowest BCUT2D eigenvalue weighted by Crippen LogP contribution is -2.23. The Morgan fingerprint density at radius 3 is 2.40 bits per heavy atom. The molecule has 0 fully saturated rings. The van der Waals surface area contributed by atoms with Crippen molar-refractivity contribution in [1.29, 1.82) is 0 Å². The number of benzene rings is 1. The van der Waals surface area contributed by atoms with Crippen molar-refractivity contribution in [3.05, 3.63) is 33.8 Å². The largest absolute Gasteiger partial charge is 0.462 e. The SMILES string of the molecule is CCCC(OC(=O)CCCC(=O)OCc1ccc(Cl)cc1Cl)C(C)C. The van der Waals surface area contributed by atoms with Crippen LogP contribution in [0.25, 0.3) is 0 Å². The second-order valence-corrected chi connectivity index (χ2v) is 7.15. The minimum atomic E-state index is -0.368. The molecule has 0 heterocycles. The zero-order valence-electron chi connectivity index (χ0n) is 15.0. The van der Waals surface area contributed by atoms with Crippen LogP contribution in [0.3, 0.4) is 0 Å². The predicted molar refractivity (Wildman–Crippen MR) is 99.7 cm³/mol. The van der Waals surface area contributed by atoms with Gasteiger partial charge in [0.2, 0.25) is 0 Å². The summed E-state index contributed by atoms with van der Waals surface area (Å²) in [6, 6.07) is 5.01. The van der Waals surface area contributed by atoms with Crippen LogP contribution in [0.5, 0.6) is 0 Å². The van der Waals surface area contributed by atoms with E-state index in [1.54, 1.807) is 18.2 Å². The molecule has 0 aromatic heterocycles. The van der Waals surface area contributed by atoms with Crippen molar-refractivity contribution < 1.29 is 19.1 Å². The second kappa shape index (κ2) is 11.4. The molecule has 0 spiro atoms. The van der Waals surface area contributed by atoms with Gasteiger partial charge in [-0.15, -0.1) is 0 Å². The van der Waals surface area contributed by atoms with E-state index in [2.05, 4.69) is 6.92 Å². The molecule has 1 rings (SSSR count). The summed E-state index contributed by atoms with van der Waals surface area (Å²) in [4.78, 5) is 23.6. The van der Waals surface area contributed by atoms with Gasteiger partial charge in [0.05, 0.1) is 0 Å². The van der Waals surface area contributed by atoms with Crippen molar-refractivity contribution in [2.24, 2.45) is 5.92 Å². The van der Waals surface area contributed by atoms with Crippen LogP contribution in [-0.4, -0.2) is 18.0 Å². The molecule has 4 nitrogen and oxygen atoms in total. The zero-order valence-corrected chi connectivity index (χ0v) is 16.5. The van der Waals surface area contributed by atoms with E-state index in [1.165, 1.54) is 0 Å². The van der Waals surface area contributed by atoms with Crippen molar-refractivity contribution in [1.82, 2.24) is 0 Å². The Balaban J connectivity index is 2.28. The highest BCUT2D eigenvalue weighted by atomic mass is 35.5. The van der Waals surface area contributed by atoms with Gasteiger partial charge in [0, 0.05) is 28.5 Å². The molecule has 1 aromatic rings. The van der Waals surface area contributed by atoms with Gasteiger partial charge in [0.15, 0.2) is 0 Å². The first-order valence-electron chi connectivity index (χ1n) is 8.62. The Bertz CT molecular complexity index is 573. The molecule has 25 heavy (non-hydrogen) atoms. The number of rotatable bonds is 10. The summed E-state index contributed by atoms with van der Waals surface area (Å²) >= 11 is 11.8. The number of hydrogen-bond acceptors (Lipinski definition) is 4. The molecule has 0 amide bonds. The molecule has 0 aliphatic heterocycles. The van der Waals surface area contributed by atoms with E-state index in [0.717, 1.165) is 12.8 Å². The molecule has 140 valence electrons.